The first kappa shape index (κ1) is 8.50. The van der Waals surface area contributed by atoms with Crippen LogP contribution < -0.4 is 11.1 Å². The number of benzene rings is 1. The van der Waals surface area contributed by atoms with Gasteiger partial charge in [-0.15, -0.1) is 0 Å². The van der Waals surface area contributed by atoms with Crippen LogP contribution in [0.5, 0.6) is 0 Å². The number of guanidine groups is 1. The van der Waals surface area contributed by atoms with Gasteiger partial charge < -0.3 is 11.1 Å². The molecule has 2 aromatic rings. The van der Waals surface area contributed by atoms with E-state index >= 15 is 0 Å². The number of pyridine rings is 1. The van der Waals surface area contributed by atoms with Crippen LogP contribution in [0.2, 0.25) is 0 Å². The first-order chi connectivity index (χ1) is 6.75. The number of para-hydroxylation sites is 1. The number of fused-ring (bicyclic) bond motifs is 1. The maximum absolute atomic E-state index is 7.08. The second-order valence-corrected chi connectivity index (χ2v) is 2.96. The lowest BCUT2D eigenvalue weighted by atomic mass is 10.2. The van der Waals surface area contributed by atoms with Gasteiger partial charge in [0.2, 0.25) is 0 Å². The van der Waals surface area contributed by atoms with E-state index in [4.69, 9.17) is 11.1 Å². The number of nitrogens with one attached hydrogen (secondary N) is 2. The first-order valence-corrected chi connectivity index (χ1v) is 4.21. The Morgan fingerprint density at radius 2 is 2.14 bits per heavy atom. The van der Waals surface area contributed by atoms with Crippen molar-refractivity contribution < 1.29 is 0 Å². The third-order valence-corrected chi connectivity index (χ3v) is 1.87. The molecule has 2 rings (SSSR count). The molecule has 0 fully saturated rings. The smallest absolute Gasteiger partial charge is 0.190 e. The molecule has 4 N–H and O–H groups in total. The highest BCUT2D eigenvalue weighted by Crippen LogP contribution is 2.15. The van der Waals surface area contributed by atoms with Gasteiger partial charge in [0.15, 0.2) is 5.96 Å². The molecule has 70 valence electrons. The molecule has 4 nitrogen and oxygen atoms in total. The maximum Gasteiger partial charge on any atom is 0.190 e. The SMILES string of the molecule is N=C(N)Nc1cnc2ccccc2c1. The minimum atomic E-state index is -0.0814. The van der Waals surface area contributed by atoms with Gasteiger partial charge in [-0.2, -0.15) is 0 Å². The number of hydrogen-bond donors (Lipinski definition) is 3. The van der Waals surface area contributed by atoms with Gasteiger partial charge in [-0.1, -0.05) is 18.2 Å². The van der Waals surface area contributed by atoms with E-state index in [2.05, 4.69) is 10.3 Å². The van der Waals surface area contributed by atoms with Gasteiger partial charge in [-0.3, -0.25) is 10.4 Å². The Bertz CT molecular complexity index is 478. The Kier molecular flexibility index (Phi) is 2.02. The van der Waals surface area contributed by atoms with E-state index in [9.17, 15) is 0 Å². The van der Waals surface area contributed by atoms with E-state index < -0.39 is 0 Å². The zero-order valence-corrected chi connectivity index (χ0v) is 7.49. The lowest BCUT2D eigenvalue weighted by Gasteiger charge is -2.03. The van der Waals surface area contributed by atoms with Crippen LogP contribution in [0.4, 0.5) is 5.69 Å². The average molecular weight is 186 g/mol. The van der Waals surface area contributed by atoms with Crippen LogP contribution in [0.25, 0.3) is 10.9 Å². The molecule has 0 unspecified atom stereocenters. The van der Waals surface area contributed by atoms with Crippen molar-refractivity contribution in [3.8, 4) is 0 Å². The predicted molar refractivity (Wildman–Crippen MR) is 57.3 cm³/mol. The van der Waals surface area contributed by atoms with Crippen LogP contribution in [-0.2, 0) is 0 Å². The fraction of sp³-hybridized carbons (Fsp3) is 0. The summed E-state index contributed by atoms with van der Waals surface area (Å²) in [7, 11) is 0. The number of rotatable bonds is 1. The summed E-state index contributed by atoms with van der Waals surface area (Å²) in [6, 6.07) is 9.69. The minimum absolute atomic E-state index is 0.0814. The fourth-order valence-electron chi connectivity index (χ4n) is 1.29. The van der Waals surface area contributed by atoms with Crippen molar-refractivity contribution in [1.29, 1.82) is 5.41 Å². The molecule has 0 aliphatic rings. The largest absolute Gasteiger partial charge is 0.370 e. The van der Waals surface area contributed by atoms with Crippen LogP contribution in [0, 0.1) is 5.41 Å². The molecule has 0 amide bonds. The molecule has 0 bridgehead atoms. The molecule has 1 aromatic carbocycles. The van der Waals surface area contributed by atoms with E-state index in [1.165, 1.54) is 0 Å². The molecule has 0 spiro atoms. The summed E-state index contributed by atoms with van der Waals surface area (Å²) in [5.74, 6) is -0.0814. The summed E-state index contributed by atoms with van der Waals surface area (Å²) in [6.07, 6.45) is 1.66. The topological polar surface area (TPSA) is 74.8 Å². The molecule has 0 saturated carbocycles. The van der Waals surface area contributed by atoms with Gasteiger partial charge in [-0.05, 0) is 12.1 Å². The molecule has 1 aromatic heterocycles. The molecule has 4 heteroatoms. The highest BCUT2D eigenvalue weighted by molar-refractivity contribution is 5.92. The van der Waals surface area contributed by atoms with Crippen molar-refractivity contribution in [1.82, 2.24) is 4.98 Å². The van der Waals surface area contributed by atoms with Crippen molar-refractivity contribution in [2.24, 2.45) is 5.73 Å². The standard InChI is InChI=1S/C10H10N4/c11-10(12)14-8-5-7-3-1-2-4-9(7)13-6-8/h1-6H,(H4,11,12,14). The molecular weight excluding hydrogens is 176 g/mol. The summed E-state index contributed by atoms with van der Waals surface area (Å²) in [4.78, 5) is 4.22. The molecule has 0 aliphatic carbocycles. The van der Waals surface area contributed by atoms with E-state index in [1.54, 1.807) is 6.20 Å². The molecule has 0 aliphatic heterocycles. The van der Waals surface area contributed by atoms with Gasteiger partial charge in [-0.25, -0.2) is 0 Å². The number of hydrogen-bond acceptors (Lipinski definition) is 2. The second-order valence-electron chi connectivity index (χ2n) is 2.96. The van der Waals surface area contributed by atoms with Gasteiger partial charge in [0.25, 0.3) is 0 Å². The normalized spacial score (nSPS) is 10.0. The van der Waals surface area contributed by atoms with Crippen LogP contribution >= 0.6 is 0 Å². The highest BCUT2D eigenvalue weighted by Gasteiger charge is 1.96. The van der Waals surface area contributed by atoms with E-state index in [0.29, 0.717) is 0 Å². The third kappa shape index (κ3) is 1.64. The van der Waals surface area contributed by atoms with Gasteiger partial charge in [0, 0.05) is 5.39 Å². The average Bonchev–Trinajstić information content (AvgIpc) is 2.17. The van der Waals surface area contributed by atoms with Crippen LogP contribution in [0.3, 0.4) is 0 Å². The van der Waals surface area contributed by atoms with Crippen molar-refractivity contribution in [2.75, 3.05) is 5.32 Å². The van der Waals surface area contributed by atoms with Crippen molar-refractivity contribution >= 4 is 22.5 Å². The van der Waals surface area contributed by atoms with Gasteiger partial charge in [0.1, 0.15) is 0 Å². The van der Waals surface area contributed by atoms with Crippen molar-refractivity contribution in [3.05, 3.63) is 36.5 Å². The van der Waals surface area contributed by atoms with Crippen molar-refractivity contribution in [2.45, 2.75) is 0 Å². The van der Waals surface area contributed by atoms with E-state index in [-0.39, 0.29) is 5.96 Å². The third-order valence-electron chi connectivity index (χ3n) is 1.87. The van der Waals surface area contributed by atoms with Gasteiger partial charge in [0.05, 0.1) is 17.4 Å². The highest BCUT2D eigenvalue weighted by atomic mass is 15.0. The lowest BCUT2D eigenvalue weighted by molar-refractivity contribution is 1.37. The van der Waals surface area contributed by atoms with Gasteiger partial charge >= 0.3 is 0 Å². The summed E-state index contributed by atoms with van der Waals surface area (Å²) in [6.45, 7) is 0. The first-order valence-electron chi connectivity index (χ1n) is 4.21. The monoisotopic (exact) mass is 186 g/mol. The Labute approximate surface area is 81.3 Å². The zero-order chi connectivity index (χ0) is 9.97. The minimum Gasteiger partial charge on any atom is -0.370 e. The van der Waals surface area contributed by atoms with Crippen LogP contribution in [0.15, 0.2) is 36.5 Å². The molecular formula is C10H10N4. The number of anilines is 1. The lowest BCUT2D eigenvalue weighted by Crippen LogP contribution is -2.20. The van der Waals surface area contributed by atoms with Crippen molar-refractivity contribution in [3.63, 3.8) is 0 Å². The van der Waals surface area contributed by atoms with Crippen LogP contribution in [-0.4, -0.2) is 10.9 Å². The molecule has 0 radical (unpaired) electrons. The Morgan fingerprint density at radius 3 is 2.93 bits per heavy atom. The summed E-state index contributed by atoms with van der Waals surface area (Å²) in [5, 5.41) is 10.8. The Morgan fingerprint density at radius 1 is 1.36 bits per heavy atom. The summed E-state index contributed by atoms with van der Waals surface area (Å²) >= 11 is 0. The Balaban J connectivity index is 2.46. The molecule has 0 atom stereocenters. The predicted octanol–water partition coefficient (Wildman–Crippen LogP) is 1.54. The Hall–Kier alpha value is -2.10. The zero-order valence-electron chi connectivity index (χ0n) is 7.49. The molecule has 1 heterocycles. The quantitative estimate of drug-likeness (QED) is 0.467. The summed E-state index contributed by atoms with van der Waals surface area (Å²) in [5.41, 5.74) is 6.88. The van der Waals surface area contributed by atoms with E-state index in [0.717, 1.165) is 16.6 Å². The summed E-state index contributed by atoms with van der Waals surface area (Å²) < 4.78 is 0. The molecule has 0 saturated heterocycles. The number of nitrogens with two attached hydrogens (primary N) is 1. The number of aromatic nitrogens is 1. The fourth-order valence-corrected chi connectivity index (χ4v) is 1.29. The maximum atomic E-state index is 7.08. The number of nitrogens with zero attached hydrogens (tertiary/aromatic N) is 1. The van der Waals surface area contributed by atoms with Crippen LogP contribution in [0.1, 0.15) is 0 Å². The molecule has 14 heavy (non-hydrogen) atoms. The second kappa shape index (κ2) is 3.33. The van der Waals surface area contributed by atoms with E-state index in [1.807, 2.05) is 30.3 Å².